The number of aromatic nitrogens is 1. The largest absolute Gasteiger partial charge is 0.444 e. The lowest BCUT2D eigenvalue weighted by molar-refractivity contribution is 0.189. The zero-order valence-corrected chi connectivity index (χ0v) is 12.2. The molecule has 1 N–H and O–H groups in total. The highest BCUT2D eigenvalue weighted by Gasteiger charge is 2.10. The van der Waals surface area contributed by atoms with Gasteiger partial charge in [-0.05, 0) is 32.0 Å². The van der Waals surface area contributed by atoms with E-state index in [4.69, 9.17) is 9.52 Å². The second-order valence-electron chi connectivity index (χ2n) is 5.01. The molecule has 0 fully saturated rings. The molecule has 0 aliphatic heterocycles. The third-order valence-corrected chi connectivity index (χ3v) is 3.19. The molecule has 0 radical (unpaired) electrons. The summed E-state index contributed by atoms with van der Waals surface area (Å²) in [5, 5.41) is 9.07. The van der Waals surface area contributed by atoms with Crippen LogP contribution in [0, 0.1) is 6.92 Å². The molecule has 1 aromatic carbocycles. The molecular weight excluding hydrogens is 252 g/mol. The van der Waals surface area contributed by atoms with Crippen LogP contribution in [0.5, 0.6) is 0 Å². The molecule has 20 heavy (non-hydrogen) atoms. The predicted octanol–water partition coefficient (Wildman–Crippen LogP) is 2.85. The molecule has 1 heterocycles. The van der Waals surface area contributed by atoms with Crippen molar-refractivity contribution in [3.8, 4) is 11.5 Å². The van der Waals surface area contributed by atoms with Gasteiger partial charge in [-0.2, -0.15) is 0 Å². The van der Waals surface area contributed by atoms with Crippen molar-refractivity contribution in [2.75, 3.05) is 19.7 Å². The lowest BCUT2D eigenvalue weighted by Crippen LogP contribution is -2.27. The van der Waals surface area contributed by atoms with Crippen molar-refractivity contribution in [1.82, 2.24) is 9.88 Å². The maximum atomic E-state index is 9.07. The minimum absolute atomic E-state index is 0.169. The van der Waals surface area contributed by atoms with Crippen LogP contribution in [-0.4, -0.2) is 34.7 Å². The van der Waals surface area contributed by atoms with Crippen LogP contribution >= 0.6 is 0 Å². The van der Waals surface area contributed by atoms with E-state index in [0.717, 1.165) is 24.2 Å². The zero-order chi connectivity index (χ0) is 14.4. The normalized spacial score (nSPS) is 11.2. The van der Waals surface area contributed by atoms with Gasteiger partial charge in [0.05, 0.1) is 12.3 Å². The van der Waals surface area contributed by atoms with Crippen LogP contribution < -0.4 is 0 Å². The fourth-order valence-corrected chi connectivity index (χ4v) is 2.16. The van der Waals surface area contributed by atoms with Gasteiger partial charge in [-0.25, -0.2) is 4.98 Å². The Morgan fingerprint density at radius 2 is 1.95 bits per heavy atom. The van der Waals surface area contributed by atoms with Crippen LogP contribution in [0.25, 0.3) is 11.5 Å². The second kappa shape index (κ2) is 7.22. The van der Waals surface area contributed by atoms with Crippen molar-refractivity contribution in [1.29, 1.82) is 0 Å². The van der Waals surface area contributed by atoms with Gasteiger partial charge >= 0.3 is 0 Å². The Balaban J connectivity index is 2.06. The van der Waals surface area contributed by atoms with Gasteiger partial charge in [0.2, 0.25) is 5.89 Å². The van der Waals surface area contributed by atoms with Gasteiger partial charge in [0.15, 0.2) is 0 Å². The summed E-state index contributed by atoms with van der Waals surface area (Å²) in [4.78, 5) is 6.70. The molecule has 0 unspecified atom stereocenters. The molecule has 0 bridgehead atoms. The first-order valence-electron chi connectivity index (χ1n) is 7.07. The van der Waals surface area contributed by atoms with Gasteiger partial charge < -0.3 is 9.52 Å². The van der Waals surface area contributed by atoms with Crippen LogP contribution in [0.4, 0.5) is 0 Å². The molecule has 108 valence electrons. The van der Waals surface area contributed by atoms with E-state index in [1.807, 2.05) is 24.3 Å². The summed E-state index contributed by atoms with van der Waals surface area (Å²) >= 11 is 0. The van der Waals surface area contributed by atoms with E-state index in [1.165, 1.54) is 5.56 Å². The molecule has 0 aliphatic rings. The number of aryl methyl sites for hydroxylation is 1. The van der Waals surface area contributed by atoms with E-state index in [-0.39, 0.29) is 6.61 Å². The molecule has 1 aromatic heterocycles. The number of benzene rings is 1. The van der Waals surface area contributed by atoms with Crippen LogP contribution in [0.15, 0.2) is 34.9 Å². The number of oxazole rings is 1. The third-order valence-electron chi connectivity index (χ3n) is 3.19. The highest BCUT2D eigenvalue weighted by atomic mass is 16.3. The first-order chi connectivity index (χ1) is 9.72. The average molecular weight is 274 g/mol. The van der Waals surface area contributed by atoms with E-state index < -0.39 is 0 Å². The van der Waals surface area contributed by atoms with Crippen molar-refractivity contribution in [2.24, 2.45) is 0 Å². The number of nitrogens with zero attached hydrogens (tertiary/aromatic N) is 2. The van der Waals surface area contributed by atoms with Crippen LogP contribution in [0.2, 0.25) is 0 Å². The standard InChI is InChI=1S/C16H22N2O2/c1-3-8-18(9-10-19)11-15-12-20-16(17-15)14-6-4-13(2)5-7-14/h4-7,12,19H,3,8-11H2,1-2H3. The summed E-state index contributed by atoms with van der Waals surface area (Å²) in [6, 6.07) is 8.13. The minimum Gasteiger partial charge on any atom is -0.444 e. The summed E-state index contributed by atoms with van der Waals surface area (Å²) in [5.74, 6) is 0.653. The smallest absolute Gasteiger partial charge is 0.226 e. The Bertz CT molecular complexity index is 514. The lowest BCUT2D eigenvalue weighted by atomic mass is 10.1. The van der Waals surface area contributed by atoms with Crippen LogP contribution in [-0.2, 0) is 6.54 Å². The predicted molar refractivity (Wildman–Crippen MR) is 79.3 cm³/mol. The molecule has 0 atom stereocenters. The molecule has 4 nitrogen and oxygen atoms in total. The number of hydrogen-bond acceptors (Lipinski definition) is 4. The summed E-state index contributed by atoms with van der Waals surface area (Å²) in [7, 11) is 0. The Morgan fingerprint density at radius 1 is 1.20 bits per heavy atom. The van der Waals surface area contributed by atoms with Crippen molar-refractivity contribution in [3.05, 3.63) is 41.8 Å². The fraction of sp³-hybridized carbons (Fsp3) is 0.438. The van der Waals surface area contributed by atoms with E-state index in [9.17, 15) is 0 Å². The van der Waals surface area contributed by atoms with Crippen molar-refractivity contribution in [3.63, 3.8) is 0 Å². The Hall–Kier alpha value is -1.65. The minimum atomic E-state index is 0.169. The number of hydrogen-bond donors (Lipinski definition) is 1. The first kappa shape index (κ1) is 14.8. The molecule has 0 saturated carbocycles. The molecular formula is C16H22N2O2. The van der Waals surface area contributed by atoms with Gasteiger partial charge in [-0.1, -0.05) is 24.6 Å². The highest BCUT2D eigenvalue weighted by molar-refractivity contribution is 5.53. The number of aliphatic hydroxyl groups is 1. The third kappa shape index (κ3) is 3.92. The van der Waals surface area contributed by atoms with Gasteiger partial charge in [-0.15, -0.1) is 0 Å². The Labute approximate surface area is 120 Å². The van der Waals surface area contributed by atoms with Crippen molar-refractivity contribution >= 4 is 0 Å². The monoisotopic (exact) mass is 274 g/mol. The molecule has 0 amide bonds. The zero-order valence-electron chi connectivity index (χ0n) is 12.2. The summed E-state index contributed by atoms with van der Waals surface area (Å²) < 4.78 is 5.55. The lowest BCUT2D eigenvalue weighted by Gasteiger charge is -2.18. The van der Waals surface area contributed by atoms with Crippen LogP contribution in [0.3, 0.4) is 0 Å². The molecule has 0 aliphatic carbocycles. The average Bonchev–Trinajstić information content (AvgIpc) is 2.89. The van der Waals surface area contributed by atoms with Crippen molar-refractivity contribution < 1.29 is 9.52 Å². The molecule has 0 saturated heterocycles. The van der Waals surface area contributed by atoms with Crippen molar-refractivity contribution in [2.45, 2.75) is 26.8 Å². The Kier molecular flexibility index (Phi) is 5.32. The Morgan fingerprint density at radius 3 is 2.60 bits per heavy atom. The molecule has 2 aromatic rings. The topological polar surface area (TPSA) is 49.5 Å². The van der Waals surface area contributed by atoms with E-state index in [0.29, 0.717) is 19.0 Å². The first-order valence-corrected chi connectivity index (χ1v) is 7.07. The maximum absolute atomic E-state index is 9.07. The fourth-order valence-electron chi connectivity index (χ4n) is 2.16. The highest BCUT2D eigenvalue weighted by Crippen LogP contribution is 2.19. The van der Waals surface area contributed by atoms with E-state index in [2.05, 4.69) is 23.7 Å². The maximum Gasteiger partial charge on any atom is 0.226 e. The van der Waals surface area contributed by atoms with Gasteiger partial charge in [0.1, 0.15) is 6.26 Å². The SMILES string of the molecule is CCCN(CCO)Cc1coc(-c2ccc(C)cc2)n1. The molecule has 4 heteroatoms. The summed E-state index contributed by atoms with van der Waals surface area (Å²) in [6.07, 6.45) is 2.76. The molecule has 0 spiro atoms. The number of rotatable bonds is 7. The van der Waals surface area contributed by atoms with Gasteiger partial charge in [-0.3, -0.25) is 4.90 Å². The van der Waals surface area contributed by atoms with E-state index in [1.54, 1.807) is 6.26 Å². The quantitative estimate of drug-likeness (QED) is 0.843. The summed E-state index contributed by atoms with van der Waals surface area (Å²) in [5.41, 5.74) is 3.12. The summed E-state index contributed by atoms with van der Waals surface area (Å²) in [6.45, 7) is 6.69. The van der Waals surface area contributed by atoms with Gasteiger partial charge in [0, 0.05) is 18.7 Å². The van der Waals surface area contributed by atoms with Gasteiger partial charge in [0.25, 0.3) is 0 Å². The number of aliphatic hydroxyl groups excluding tert-OH is 1. The van der Waals surface area contributed by atoms with Crippen LogP contribution in [0.1, 0.15) is 24.6 Å². The second-order valence-corrected chi connectivity index (χ2v) is 5.01. The van der Waals surface area contributed by atoms with E-state index >= 15 is 0 Å². The molecule has 2 rings (SSSR count).